The first-order chi connectivity index (χ1) is 16.1. The average molecular weight is 510 g/mol. The van der Waals surface area contributed by atoms with E-state index in [-0.39, 0.29) is 17.1 Å². The van der Waals surface area contributed by atoms with Gasteiger partial charge in [-0.05, 0) is 66.7 Å². The summed E-state index contributed by atoms with van der Waals surface area (Å²) in [5.41, 5.74) is 0.0709. The molecule has 0 aliphatic carbocycles. The summed E-state index contributed by atoms with van der Waals surface area (Å²) in [6.07, 6.45) is -0.834. The van der Waals surface area contributed by atoms with Crippen LogP contribution in [0.5, 0.6) is 5.75 Å². The van der Waals surface area contributed by atoms with Crippen LogP contribution in [-0.4, -0.2) is 28.2 Å². The first kappa shape index (κ1) is 25.5. The summed E-state index contributed by atoms with van der Waals surface area (Å²) in [6, 6.07) is 14.4. The lowest BCUT2D eigenvalue weighted by Crippen LogP contribution is -2.27. The number of nitrogens with one attached hydrogen (secondary N) is 1. The van der Waals surface area contributed by atoms with Gasteiger partial charge in [0.25, 0.3) is 0 Å². The summed E-state index contributed by atoms with van der Waals surface area (Å²) >= 11 is 5.86. The Bertz CT molecular complexity index is 1250. The third-order valence-electron chi connectivity index (χ3n) is 5.07. The second kappa shape index (κ2) is 10.8. The second-order valence-electron chi connectivity index (χ2n) is 7.51. The van der Waals surface area contributed by atoms with E-state index in [0.29, 0.717) is 16.5 Å². The van der Waals surface area contributed by atoms with Crippen LogP contribution in [0.25, 0.3) is 0 Å². The fraction of sp³-hybridized carbons (Fsp3) is 0.208. The van der Waals surface area contributed by atoms with E-state index in [1.165, 1.54) is 38.3 Å². The maximum atomic E-state index is 14.7. The number of amides is 1. The molecule has 2 atom stereocenters. The SMILES string of the molecule is COc1ccc(NC(=O)OC[C@@H](C)[C@@H](c2cc(F)ccc2F)S(=O)(=O)c2ccc(Cl)cc2)cc1. The molecule has 0 aliphatic rings. The Balaban J connectivity index is 1.84. The van der Waals surface area contributed by atoms with Crippen LogP contribution in [-0.2, 0) is 14.6 Å². The Morgan fingerprint density at radius 2 is 1.68 bits per heavy atom. The zero-order valence-electron chi connectivity index (χ0n) is 18.3. The van der Waals surface area contributed by atoms with Gasteiger partial charge in [0, 0.05) is 22.2 Å². The highest BCUT2D eigenvalue weighted by atomic mass is 35.5. The van der Waals surface area contributed by atoms with Gasteiger partial charge >= 0.3 is 6.09 Å². The number of carbonyl (C=O) groups excluding carboxylic acids is 1. The summed E-state index contributed by atoms with van der Waals surface area (Å²) in [5.74, 6) is -2.02. The molecule has 3 aromatic carbocycles. The van der Waals surface area contributed by atoms with E-state index < -0.39 is 38.7 Å². The summed E-state index contributed by atoms with van der Waals surface area (Å²) < 4.78 is 65.7. The molecule has 0 spiro atoms. The highest BCUT2D eigenvalue weighted by molar-refractivity contribution is 7.91. The fourth-order valence-electron chi connectivity index (χ4n) is 3.41. The van der Waals surface area contributed by atoms with Crippen LogP contribution in [0.1, 0.15) is 17.7 Å². The molecule has 0 radical (unpaired) electrons. The maximum absolute atomic E-state index is 14.7. The Morgan fingerprint density at radius 3 is 2.29 bits per heavy atom. The molecule has 180 valence electrons. The smallest absolute Gasteiger partial charge is 0.411 e. The van der Waals surface area contributed by atoms with Gasteiger partial charge in [-0.15, -0.1) is 0 Å². The molecule has 0 fully saturated rings. The van der Waals surface area contributed by atoms with Gasteiger partial charge in [0.2, 0.25) is 0 Å². The number of rotatable bonds is 8. The topological polar surface area (TPSA) is 81.7 Å². The molecule has 34 heavy (non-hydrogen) atoms. The van der Waals surface area contributed by atoms with Crippen molar-refractivity contribution in [3.05, 3.63) is 89.0 Å². The monoisotopic (exact) mass is 509 g/mol. The second-order valence-corrected chi connectivity index (χ2v) is 10.0. The number of benzene rings is 3. The molecule has 0 heterocycles. The van der Waals surface area contributed by atoms with E-state index in [0.717, 1.165) is 18.2 Å². The van der Waals surface area contributed by atoms with Crippen molar-refractivity contribution in [2.24, 2.45) is 5.92 Å². The van der Waals surface area contributed by atoms with Crippen LogP contribution in [0.4, 0.5) is 19.3 Å². The van der Waals surface area contributed by atoms with Crippen LogP contribution in [0.15, 0.2) is 71.6 Å². The minimum Gasteiger partial charge on any atom is -0.497 e. The molecule has 0 saturated carbocycles. The molecule has 0 unspecified atom stereocenters. The predicted molar refractivity (Wildman–Crippen MR) is 125 cm³/mol. The van der Waals surface area contributed by atoms with Crippen molar-refractivity contribution in [3.63, 3.8) is 0 Å². The van der Waals surface area contributed by atoms with Gasteiger partial charge in [0.15, 0.2) is 9.84 Å². The number of carbonyl (C=O) groups is 1. The number of halogens is 3. The molecule has 0 aromatic heterocycles. The number of hydrogen-bond acceptors (Lipinski definition) is 5. The van der Waals surface area contributed by atoms with Gasteiger partial charge in [-0.2, -0.15) is 0 Å². The molecular formula is C24H22ClF2NO5S. The minimum atomic E-state index is -4.21. The van der Waals surface area contributed by atoms with Gasteiger partial charge in [-0.3, -0.25) is 5.32 Å². The molecule has 10 heteroatoms. The highest BCUT2D eigenvalue weighted by Gasteiger charge is 2.36. The summed E-state index contributed by atoms with van der Waals surface area (Å²) in [6.45, 7) is 1.10. The van der Waals surface area contributed by atoms with E-state index in [2.05, 4.69) is 5.32 Å². The van der Waals surface area contributed by atoms with E-state index in [4.69, 9.17) is 21.1 Å². The lowest BCUT2D eigenvalue weighted by molar-refractivity contribution is 0.142. The van der Waals surface area contributed by atoms with Gasteiger partial charge in [-0.25, -0.2) is 22.0 Å². The predicted octanol–water partition coefficient (Wildman–Crippen LogP) is 6.03. The van der Waals surface area contributed by atoms with Crippen LogP contribution in [0.3, 0.4) is 0 Å². The number of ether oxygens (including phenoxy) is 2. The third kappa shape index (κ3) is 6.03. The third-order valence-corrected chi connectivity index (χ3v) is 7.64. The molecule has 0 aliphatic heterocycles. The van der Waals surface area contributed by atoms with Crippen molar-refractivity contribution in [1.82, 2.24) is 0 Å². The summed E-state index contributed by atoms with van der Waals surface area (Å²) in [4.78, 5) is 12.1. The largest absolute Gasteiger partial charge is 0.497 e. The fourth-order valence-corrected chi connectivity index (χ4v) is 5.55. The van der Waals surface area contributed by atoms with Crippen LogP contribution in [0.2, 0.25) is 5.02 Å². The lowest BCUT2D eigenvalue weighted by Gasteiger charge is -2.25. The van der Waals surface area contributed by atoms with E-state index in [1.807, 2.05) is 0 Å². The molecule has 1 amide bonds. The zero-order chi connectivity index (χ0) is 24.9. The Morgan fingerprint density at radius 1 is 1.03 bits per heavy atom. The average Bonchev–Trinajstić information content (AvgIpc) is 2.81. The number of methoxy groups -OCH3 is 1. The van der Waals surface area contributed by atoms with Crippen LogP contribution < -0.4 is 10.1 Å². The van der Waals surface area contributed by atoms with Crippen LogP contribution in [0, 0.1) is 17.6 Å². The Labute approximate surface area is 201 Å². The number of sulfone groups is 1. The quantitative estimate of drug-likeness (QED) is 0.401. The van der Waals surface area contributed by atoms with E-state index >= 15 is 0 Å². The number of hydrogen-bond donors (Lipinski definition) is 1. The normalized spacial score (nSPS) is 13.1. The Kier molecular flexibility index (Phi) is 8.11. The van der Waals surface area contributed by atoms with Crippen molar-refractivity contribution in [2.75, 3.05) is 19.0 Å². The standard InChI is InChI=1S/C24H22ClF2NO5S/c1-15(14-33-24(29)28-18-6-8-19(32-2)9-7-18)23(21-13-17(26)5-12-22(21)27)34(30,31)20-10-3-16(25)4-11-20/h3-13,15,23H,14H2,1-2H3,(H,28,29)/t15-,23+/m1/s1. The van der Waals surface area contributed by atoms with Crippen molar-refractivity contribution in [1.29, 1.82) is 0 Å². The lowest BCUT2D eigenvalue weighted by atomic mass is 10.0. The minimum absolute atomic E-state index is 0.125. The van der Waals surface area contributed by atoms with Crippen LogP contribution >= 0.6 is 11.6 Å². The number of anilines is 1. The van der Waals surface area contributed by atoms with Gasteiger partial charge < -0.3 is 9.47 Å². The molecule has 3 aromatic rings. The zero-order valence-corrected chi connectivity index (χ0v) is 19.9. The van der Waals surface area contributed by atoms with Crippen molar-refractivity contribution < 1.29 is 31.5 Å². The molecular weight excluding hydrogens is 488 g/mol. The van der Waals surface area contributed by atoms with Gasteiger partial charge in [-0.1, -0.05) is 18.5 Å². The van der Waals surface area contributed by atoms with E-state index in [1.54, 1.807) is 24.3 Å². The highest BCUT2D eigenvalue weighted by Crippen LogP contribution is 2.37. The maximum Gasteiger partial charge on any atom is 0.411 e. The molecule has 1 N–H and O–H groups in total. The Hall–Kier alpha value is -3.17. The van der Waals surface area contributed by atoms with Gasteiger partial charge in [0.05, 0.1) is 23.9 Å². The van der Waals surface area contributed by atoms with Crippen molar-refractivity contribution in [3.8, 4) is 5.75 Å². The first-order valence-electron chi connectivity index (χ1n) is 10.1. The molecule has 0 saturated heterocycles. The summed E-state index contributed by atoms with van der Waals surface area (Å²) in [7, 11) is -2.71. The first-order valence-corrected chi connectivity index (χ1v) is 12.1. The van der Waals surface area contributed by atoms with Gasteiger partial charge in [0.1, 0.15) is 17.4 Å². The summed E-state index contributed by atoms with van der Waals surface area (Å²) in [5, 5.41) is 1.30. The van der Waals surface area contributed by atoms with Crippen molar-refractivity contribution in [2.45, 2.75) is 17.1 Å². The van der Waals surface area contributed by atoms with Crippen molar-refractivity contribution >= 4 is 33.2 Å². The molecule has 6 nitrogen and oxygen atoms in total. The van der Waals surface area contributed by atoms with E-state index in [9.17, 15) is 22.0 Å². The molecule has 3 rings (SSSR count). The molecule has 0 bridgehead atoms.